The van der Waals surface area contributed by atoms with Gasteiger partial charge < -0.3 is 10.6 Å². The van der Waals surface area contributed by atoms with E-state index in [1.807, 2.05) is 19.1 Å². The van der Waals surface area contributed by atoms with Crippen LogP contribution in [0, 0.1) is 0 Å². The smallest absolute Gasteiger partial charge is 0.128 e. The standard InChI is InChI=1S/C11H17N3/c1-4-14(8-9(2)3)11-6-5-10(12)7-13-11/h5-7H,2,4,8,12H2,1,3H3. The molecule has 0 saturated heterocycles. The first-order valence-corrected chi connectivity index (χ1v) is 4.74. The maximum atomic E-state index is 5.57. The van der Waals surface area contributed by atoms with Crippen LogP contribution < -0.4 is 10.6 Å². The zero-order valence-corrected chi connectivity index (χ0v) is 8.83. The Bertz CT molecular complexity index is 303. The van der Waals surface area contributed by atoms with Gasteiger partial charge in [-0.05, 0) is 26.0 Å². The van der Waals surface area contributed by atoms with Crippen LogP contribution in [0.5, 0.6) is 0 Å². The molecule has 0 amide bonds. The minimum atomic E-state index is 0.695. The Balaban J connectivity index is 2.78. The number of pyridine rings is 1. The normalized spacial score (nSPS) is 9.86. The highest BCUT2D eigenvalue weighted by Crippen LogP contribution is 2.12. The van der Waals surface area contributed by atoms with Gasteiger partial charge in [-0.25, -0.2) is 4.98 Å². The fourth-order valence-electron chi connectivity index (χ4n) is 1.27. The first kappa shape index (κ1) is 10.6. The van der Waals surface area contributed by atoms with Crippen molar-refractivity contribution < 1.29 is 0 Å². The Hall–Kier alpha value is -1.51. The lowest BCUT2D eigenvalue weighted by atomic mass is 10.3. The fraction of sp³-hybridized carbons (Fsp3) is 0.364. The molecule has 1 heterocycles. The molecule has 1 rings (SSSR count). The van der Waals surface area contributed by atoms with Crippen LogP contribution in [0.2, 0.25) is 0 Å². The molecule has 0 fully saturated rings. The molecule has 0 bridgehead atoms. The van der Waals surface area contributed by atoms with Crippen molar-refractivity contribution >= 4 is 11.5 Å². The molecule has 0 radical (unpaired) electrons. The van der Waals surface area contributed by atoms with E-state index in [0.717, 1.165) is 24.5 Å². The number of rotatable bonds is 4. The number of hydrogen-bond donors (Lipinski definition) is 1. The van der Waals surface area contributed by atoms with Crippen LogP contribution in [0.3, 0.4) is 0 Å². The molecular weight excluding hydrogens is 174 g/mol. The topological polar surface area (TPSA) is 42.1 Å². The van der Waals surface area contributed by atoms with Crippen molar-refractivity contribution in [2.45, 2.75) is 13.8 Å². The summed E-state index contributed by atoms with van der Waals surface area (Å²) >= 11 is 0. The van der Waals surface area contributed by atoms with Crippen molar-refractivity contribution in [2.24, 2.45) is 0 Å². The van der Waals surface area contributed by atoms with Crippen LogP contribution in [0.15, 0.2) is 30.5 Å². The summed E-state index contributed by atoms with van der Waals surface area (Å²) in [5.41, 5.74) is 7.40. The Morgan fingerprint density at radius 2 is 2.29 bits per heavy atom. The van der Waals surface area contributed by atoms with E-state index in [1.54, 1.807) is 6.20 Å². The van der Waals surface area contributed by atoms with Gasteiger partial charge in [0.25, 0.3) is 0 Å². The zero-order valence-electron chi connectivity index (χ0n) is 8.83. The molecule has 1 aromatic heterocycles. The second-order valence-electron chi connectivity index (χ2n) is 3.42. The molecular formula is C11H17N3. The maximum absolute atomic E-state index is 5.57. The fourth-order valence-corrected chi connectivity index (χ4v) is 1.27. The van der Waals surface area contributed by atoms with E-state index in [-0.39, 0.29) is 0 Å². The number of nitrogens with zero attached hydrogens (tertiary/aromatic N) is 2. The van der Waals surface area contributed by atoms with Crippen LogP contribution >= 0.6 is 0 Å². The van der Waals surface area contributed by atoms with E-state index in [1.165, 1.54) is 0 Å². The largest absolute Gasteiger partial charge is 0.397 e. The molecule has 0 saturated carbocycles. The van der Waals surface area contributed by atoms with E-state index in [9.17, 15) is 0 Å². The third kappa shape index (κ3) is 2.76. The summed E-state index contributed by atoms with van der Waals surface area (Å²) < 4.78 is 0. The first-order valence-electron chi connectivity index (χ1n) is 4.74. The minimum absolute atomic E-state index is 0.695. The van der Waals surface area contributed by atoms with E-state index in [2.05, 4.69) is 23.4 Å². The average Bonchev–Trinajstić information content (AvgIpc) is 2.15. The molecule has 14 heavy (non-hydrogen) atoms. The maximum Gasteiger partial charge on any atom is 0.128 e. The minimum Gasteiger partial charge on any atom is -0.397 e. The quantitative estimate of drug-likeness (QED) is 0.741. The number of hydrogen-bond acceptors (Lipinski definition) is 3. The van der Waals surface area contributed by atoms with Crippen LogP contribution in [0.25, 0.3) is 0 Å². The summed E-state index contributed by atoms with van der Waals surface area (Å²) in [5.74, 6) is 0.949. The summed E-state index contributed by atoms with van der Waals surface area (Å²) in [6.45, 7) is 9.76. The highest BCUT2D eigenvalue weighted by Gasteiger charge is 2.04. The molecule has 1 aromatic rings. The van der Waals surface area contributed by atoms with Crippen molar-refractivity contribution in [3.05, 3.63) is 30.5 Å². The summed E-state index contributed by atoms with van der Waals surface area (Å²) in [6, 6.07) is 3.80. The lowest BCUT2D eigenvalue weighted by molar-refractivity contribution is 0.860. The predicted molar refractivity (Wildman–Crippen MR) is 61.4 cm³/mol. The van der Waals surface area contributed by atoms with Crippen molar-refractivity contribution in [3.8, 4) is 0 Å². The summed E-state index contributed by atoms with van der Waals surface area (Å²) in [7, 11) is 0. The molecule has 2 N–H and O–H groups in total. The van der Waals surface area contributed by atoms with Crippen molar-refractivity contribution in [3.63, 3.8) is 0 Å². The van der Waals surface area contributed by atoms with E-state index < -0.39 is 0 Å². The molecule has 3 nitrogen and oxygen atoms in total. The van der Waals surface area contributed by atoms with Crippen LogP contribution in [-0.2, 0) is 0 Å². The summed E-state index contributed by atoms with van der Waals surface area (Å²) in [4.78, 5) is 6.42. The van der Waals surface area contributed by atoms with Gasteiger partial charge >= 0.3 is 0 Å². The third-order valence-electron chi connectivity index (χ3n) is 1.94. The average molecular weight is 191 g/mol. The highest BCUT2D eigenvalue weighted by molar-refractivity contribution is 5.46. The van der Waals surface area contributed by atoms with Crippen molar-refractivity contribution in [2.75, 3.05) is 23.7 Å². The van der Waals surface area contributed by atoms with Gasteiger partial charge in [0, 0.05) is 13.1 Å². The Morgan fingerprint density at radius 1 is 1.57 bits per heavy atom. The van der Waals surface area contributed by atoms with Crippen LogP contribution in [-0.4, -0.2) is 18.1 Å². The Kier molecular flexibility index (Phi) is 3.51. The third-order valence-corrected chi connectivity index (χ3v) is 1.94. The Labute approximate surface area is 85.3 Å². The lowest BCUT2D eigenvalue weighted by Gasteiger charge is -2.21. The molecule has 0 aromatic carbocycles. The molecule has 0 aliphatic heterocycles. The molecule has 3 heteroatoms. The lowest BCUT2D eigenvalue weighted by Crippen LogP contribution is -2.25. The molecule has 0 unspecified atom stereocenters. The number of nitrogens with two attached hydrogens (primary N) is 1. The van der Waals surface area contributed by atoms with Gasteiger partial charge in [-0.3, -0.25) is 0 Å². The SMILES string of the molecule is C=C(C)CN(CC)c1ccc(N)cn1. The number of nitrogen functional groups attached to an aromatic ring is 1. The molecule has 0 spiro atoms. The highest BCUT2D eigenvalue weighted by atomic mass is 15.2. The van der Waals surface area contributed by atoms with Crippen molar-refractivity contribution in [1.29, 1.82) is 0 Å². The predicted octanol–water partition coefficient (Wildman–Crippen LogP) is 2.07. The van der Waals surface area contributed by atoms with Gasteiger partial charge in [0.15, 0.2) is 0 Å². The monoisotopic (exact) mass is 191 g/mol. The zero-order chi connectivity index (χ0) is 10.6. The number of anilines is 2. The van der Waals surface area contributed by atoms with Gasteiger partial charge in [-0.2, -0.15) is 0 Å². The number of likely N-dealkylation sites (N-methyl/N-ethyl adjacent to an activating group) is 1. The van der Waals surface area contributed by atoms with E-state index >= 15 is 0 Å². The van der Waals surface area contributed by atoms with E-state index in [4.69, 9.17) is 5.73 Å². The van der Waals surface area contributed by atoms with Gasteiger partial charge in [-0.1, -0.05) is 12.2 Å². The molecule has 76 valence electrons. The van der Waals surface area contributed by atoms with Gasteiger partial charge in [0.2, 0.25) is 0 Å². The Morgan fingerprint density at radius 3 is 2.71 bits per heavy atom. The van der Waals surface area contributed by atoms with Crippen LogP contribution in [0.4, 0.5) is 11.5 Å². The molecule has 0 aliphatic rings. The first-order chi connectivity index (χ1) is 6.63. The van der Waals surface area contributed by atoms with Crippen LogP contribution in [0.1, 0.15) is 13.8 Å². The van der Waals surface area contributed by atoms with E-state index in [0.29, 0.717) is 5.69 Å². The number of aromatic nitrogens is 1. The van der Waals surface area contributed by atoms with Gasteiger partial charge in [-0.15, -0.1) is 0 Å². The molecule has 0 aliphatic carbocycles. The van der Waals surface area contributed by atoms with Gasteiger partial charge in [0.1, 0.15) is 5.82 Å². The van der Waals surface area contributed by atoms with Crippen molar-refractivity contribution in [1.82, 2.24) is 4.98 Å². The van der Waals surface area contributed by atoms with Gasteiger partial charge in [0.05, 0.1) is 11.9 Å². The second-order valence-corrected chi connectivity index (χ2v) is 3.42. The molecule has 0 atom stereocenters. The second kappa shape index (κ2) is 4.65. The summed E-state index contributed by atoms with van der Waals surface area (Å²) in [5, 5.41) is 0. The summed E-state index contributed by atoms with van der Waals surface area (Å²) in [6.07, 6.45) is 1.68.